The predicted molar refractivity (Wildman–Crippen MR) is 131 cm³/mol. The van der Waals surface area contributed by atoms with Crippen molar-refractivity contribution in [2.45, 2.75) is 36.6 Å². The van der Waals surface area contributed by atoms with Gasteiger partial charge in [0.25, 0.3) is 0 Å². The number of carbonyl (C=O) groups excluding carboxylic acids is 1. The van der Waals surface area contributed by atoms with Gasteiger partial charge in [-0.25, -0.2) is 26.6 Å². The molecule has 10 heteroatoms. The number of carbonyl (C=O) groups is 1. The van der Waals surface area contributed by atoms with Crippen LogP contribution in [0.5, 0.6) is 0 Å². The average molecular weight is 509 g/mol. The Morgan fingerprint density at radius 3 is 2.19 bits per heavy atom. The van der Waals surface area contributed by atoms with Gasteiger partial charge in [-0.05, 0) is 73.0 Å². The van der Waals surface area contributed by atoms with E-state index < -0.39 is 33.2 Å². The smallest absolute Gasteiger partial charge is 0.229 e. The normalized spacial score (nSPS) is 20.4. The van der Waals surface area contributed by atoms with Gasteiger partial charge >= 0.3 is 0 Å². The summed E-state index contributed by atoms with van der Waals surface area (Å²) in [7, 11) is -3.56. The van der Waals surface area contributed by atoms with Gasteiger partial charge in [-0.15, -0.1) is 0 Å². The Kier molecular flexibility index (Phi) is 5.38. The zero-order chi connectivity index (χ0) is 25.0. The molecule has 6 rings (SSSR count). The molecular formula is C26H22F2N4O3S. The molecule has 2 aliphatic rings. The first-order valence-electron chi connectivity index (χ1n) is 11.6. The van der Waals surface area contributed by atoms with Gasteiger partial charge in [0, 0.05) is 17.5 Å². The molecule has 184 valence electrons. The fourth-order valence-electron chi connectivity index (χ4n) is 4.83. The summed E-state index contributed by atoms with van der Waals surface area (Å²) in [4.78, 5) is 14.8. The van der Waals surface area contributed by atoms with Crippen LogP contribution in [0.4, 0.5) is 14.5 Å². The third-order valence-electron chi connectivity index (χ3n) is 6.71. The van der Waals surface area contributed by atoms with Crippen LogP contribution in [0, 0.1) is 11.6 Å². The summed E-state index contributed by atoms with van der Waals surface area (Å²) in [5, 5.41) is 4.74. The zero-order valence-electron chi connectivity index (χ0n) is 19.0. The topological polar surface area (TPSA) is 84.3 Å². The molecule has 1 aliphatic carbocycles. The first-order valence-corrected chi connectivity index (χ1v) is 13.2. The van der Waals surface area contributed by atoms with Crippen molar-refractivity contribution in [2.75, 3.05) is 4.90 Å². The van der Waals surface area contributed by atoms with E-state index in [1.54, 1.807) is 46.1 Å². The van der Waals surface area contributed by atoms with Crippen LogP contribution in [0.2, 0.25) is 0 Å². The fraction of sp³-hybridized carbons (Fsp3) is 0.231. The SMILES string of the molecule is O=C1C[C@H](NS(=O)(=O)C2CC2)[C@@H](c2ccc(F)cc2)N1c1ccc2c(cnn2-c2ccc(F)cc2)c1. The molecule has 1 amide bonds. The molecule has 1 saturated carbocycles. The highest BCUT2D eigenvalue weighted by Gasteiger charge is 2.46. The molecule has 36 heavy (non-hydrogen) atoms. The monoisotopic (exact) mass is 508 g/mol. The Morgan fingerprint density at radius 2 is 1.53 bits per heavy atom. The Bertz CT molecular complexity index is 1570. The van der Waals surface area contributed by atoms with Gasteiger partial charge in [-0.1, -0.05) is 12.1 Å². The highest BCUT2D eigenvalue weighted by molar-refractivity contribution is 7.90. The maximum atomic E-state index is 13.7. The number of benzene rings is 3. The van der Waals surface area contributed by atoms with Crippen LogP contribution in [0.25, 0.3) is 16.6 Å². The first kappa shape index (κ1) is 22.8. The highest BCUT2D eigenvalue weighted by atomic mass is 32.2. The summed E-state index contributed by atoms with van der Waals surface area (Å²) in [5.74, 6) is -0.999. The van der Waals surface area contributed by atoms with Crippen LogP contribution in [-0.4, -0.2) is 35.4 Å². The van der Waals surface area contributed by atoms with E-state index in [2.05, 4.69) is 9.82 Å². The second-order valence-electron chi connectivity index (χ2n) is 9.21. The number of nitrogens with one attached hydrogen (secondary N) is 1. The largest absolute Gasteiger partial charge is 0.303 e. The van der Waals surface area contributed by atoms with Crippen molar-refractivity contribution in [1.82, 2.24) is 14.5 Å². The molecule has 0 radical (unpaired) electrons. The van der Waals surface area contributed by atoms with Gasteiger partial charge in [-0.2, -0.15) is 5.10 Å². The Morgan fingerprint density at radius 1 is 0.889 bits per heavy atom. The van der Waals surface area contributed by atoms with Crippen LogP contribution in [0.1, 0.15) is 30.9 Å². The Balaban J connectivity index is 1.39. The molecule has 0 unspecified atom stereocenters. The van der Waals surface area contributed by atoms with Crippen molar-refractivity contribution < 1.29 is 22.0 Å². The van der Waals surface area contributed by atoms with E-state index >= 15 is 0 Å². The summed E-state index contributed by atoms with van der Waals surface area (Å²) >= 11 is 0. The summed E-state index contributed by atoms with van der Waals surface area (Å²) in [6.45, 7) is 0. The predicted octanol–water partition coefficient (Wildman–Crippen LogP) is 4.23. The average Bonchev–Trinajstić information content (AvgIpc) is 3.57. The summed E-state index contributed by atoms with van der Waals surface area (Å²) in [6, 6.07) is 15.8. The quantitative estimate of drug-likeness (QED) is 0.423. The molecule has 3 aromatic carbocycles. The number of rotatable bonds is 6. The van der Waals surface area contributed by atoms with Crippen molar-refractivity contribution in [2.24, 2.45) is 0 Å². The van der Waals surface area contributed by atoms with Crippen LogP contribution in [-0.2, 0) is 14.8 Å². The van der Waals surface area contributed by atoms with E-state index in [1.165, 1.54) is 24.3 Å². The van der Waals surface area contributed by atoms with E-state index in [0.717, 1.165) is 10.9 Å². The minimum absolute atomic E-state index is 0.0130. The molecule has 0 spiro atoms. The molecule has 7 nitrogen and oxygen atoms in total. The molecule has 1 saturated heterocycles. The van der Waals surface area contributed by atoms with Crippen LogP contribution in [0.15, 0.2) is 72.9 Å². The van der Waals surface area contributed by atoms with Gasteiger partial charge in [-0.3, -0.25) is 4.79 Å². The summed E-state index contributed by atoms with van der Waals surface area (Å²) in [5.41, 5.74) is 2.66. The number of aromatic nitrogens is 2. The minimum Gasteiger partial charge on any atom is -0.303 e. The minimum atomic E-state index is -3.56. The lowest BCUT2D eigenvalue weighted by Crippen LogP contribution is -2.41. The number of hydrogen-bond acceptors (Lipinski definition) is 4. The highest BCUT2D eigenvalue weighted by Crippen LogP contribution is 2.40. The number of anilines is 1. The maximum absolute atomic E-state index is 13.7. The van der Waals surface area contributed by atoms with E-state index in [4.69, 9.17) is 0 Å². The van der Waals surface area contributed by atoms with E-state index in [1.807, 2.05) is 12.1 Å². The number of halogens is 2. The third kappa shape index (κ3) is 4.06. The molecule has 2 atom stereocenters. The number of sulfonamides is 1. The lowest BCUT2D eigenvalue weighted by molar-refractivity contribution is -0.117. The van der Waals surface area contributed by atoms with Gasteiger partial charge in [0.05, 0.1) is 34.7 Å². The third-order valence-corrected chi connectivity index (χ3v) is 8.69. The van der Waals surface area contributed by atoms with Gasteiger partial charge in [0.1, 0.15) is 11.6 Å². The van der Waals surface area contributed by atoms with Gasteiger partial charge in [0.2, 0.25) is 15.9 Å². The Labute approximate surface area is 206 Å². The van der Waals surface area contributed by atoms with E-state index in [-0.39, 0.29) is 18.1 Å². The molecule has 4 aromatic rings. The lowest BCUT2D eigenvalue weighted by atomic mass is 10.0. The summed E-state index contributed by atoms with van der Waals surface area (Å²) < 4.78 is 56.9. The zero-order valence-corrected chi connectivity index (χ0v) is 19.8. The van der Waals surface area contributed by atoms with Crippen LogP contribution < -0.4 is 9.62 Å². The van der Waals surface area contributed by atoms with E-state index in [9.17, 15) is 22.0 Å². The number of nitrogens with zero attached hydrogens (tertiary/aromatic N) is 3. The molecule has 2 heterocycles. The van der Waals surface area contributed by atoms with Crippen LogP contribution in [0.3, 0.4) is 0 Å². The fourth-order valence-corrected chi connectivity index (χ4v) is 6.41. The molecule has 0 bridgehead atoms. The summed E-state index contributed by atoms with van der Waals surface area (Å²) in [6.07, 6.45) is 2.86. The Hall–Kier alpha value is -3.63. The van der Waals surface area contributed by atoms with Gasteiger partial charge < -0.3 is 4.90 Å². The van der Waals surface area contributed by atoms with Crippen molar-refractivity contribution in [3.63, 3.8) is 0 Å². The number of amides is 1. The number of hydrogen-bond donors (Lipinski definition) is 1. The van der Waals surface area contributed by atoms with Crippen molar-refractivity contribution in [3.05, 3.63) is 90.1 Å². The molecule has 1 aliphatic heterocycles. The standard InChI is InChI=1S/C26H22F2N4O3S/c27-18-3-1-16(2-4-18)26-23(30-36(34,35)22-10-11-22)14-25(33)31(26)21-9-12-24-17(13-21)15-29-32(24)20-7-5-19(28)6-8-20/h1-9,12-13,15,22-23,26,30H,10-11,14H2/t23-,26+/m0/s1. The lowest BCUT2D eigenvalue weighted by Gasteiger charge is -2.29. The van der Waals surface area contributed by atoms with E-state index in [0.29, 0.717) is 29.8 Å². The van der Waals surface area contributed by atoms with Gasteiger partial charge in [0.15, 0.2) is 0 Å². The molecule has 1 N–H and O–H groups in total. The van der Waals surface area contributed by atoms with Crippen LogP contribution >= 0.6 is 0 Å². The second-order valence-corrected chi connectivity index (χ2v) is 11.2. The maximum Gasteiger partial charge on any atom is 0.229 e. The van der Waals surface area contributed by atoms with Crippen molar-refractivity contribution in [3.8, 4) is 5.69 Å². The molecule has 2 fully saturated rings. The molecular weight excluding hydrogens is 486 g/mol. The second kappa shape index (κ2) is 8.49. The van der Waals surface area contributed by atoms with Crippen molar-refractivity contribution in [1.29, 1.82) is 0 Å². The molecule has 1 aromatic heterocycles. The number of fused-ring (bicyclic) bond motifs is 1. The first-order chi connectivity index (χ1) is 17.3. The van der Waals surface area contributed by atoms with Crippen molar-refractivity contribution >= 4 is 32.5 Å².